The summed E-state index contributed by atoms with van der Waals surface area (Å²) in [6.45, 7) is 0.775. The third kappa shape index (κ3) is 4.42. The Labute approximate surface area is 123 Å². The third-order valence-corrected chi connectivity index (χ3v) is 3.31. The first-order chi connectivity index (χ1) is 10.1. The van der Waals surface area contributed by atoms with Crippen molar-refractivity contribution in [3.63, 3.8) is 0 Å². The first-order valence-corrected chi connectivity index (χ1v) is 6.85. The van der Waals surface area contributed by atoms with Crippen LogP contribution in [0.4, 0.5) is 14.5 Å². The van der Waals surface area contributed by atoms with Crippen LogP contribution in [0.2, 0.25) is 0 Å². The van der Waals surface area contributed by atoms with E-state index in [1.165, 1.54) is 10.9 Å². The fraction of sp³-hybridized carbons (Fsp3) is 0.250. The number of benzene rings is 1. The number of hydrogen-bond acceptors (Lipinski definition) is 5. The number of rotatable bonds is 7. The number of hydrogen-bond donors (Lipinski definition) is 2. The number of anilines is 1. The molecule has 0 atom stereocenters. The van der Waals surface area contributed by atoms with Crippen molar-refractivity contribution in [2.45, 2.75) is 17.2 Å². The number of nitrogens with zero attached hydrogens (tertiary/aromatic N) is 3. The number of aromatic carboxylic acids is 1. The Morgan fingerprint density at radius 3 is 2.86 bits per heavy atom. The lowest BCUT2D eigenvalue weighted by atomic mass is 10.3. The molecule has 0 spiro atoms. The zero-order valence-electron chi connectivity index (χ0n) is 10.7. The fourth-order valence-electron chi connectivity index (χ4n) is 1.62. The minimum Gasteiger partial charge on any atom is -0.476 e. The smallest absolute Gasteiger partial charge is 0.358 e. The number of para-hydroxylation sites is 1. The van der Waals surface area contributed by atoms with Crippen LogP contribution in [0.5, 0.6) is 0 Å². The zero-order chi connectivity index (χ0) is 15.2. The van der Waals surface area contributed by atoms with Gasteiger partial charge >= 0.3 is 5.97 Å². The van der Waals surface area contributed by atoms with Gasteiger partial charge in [0.05, 0.1) is 12.7 Å². The second-order valence-electron chi connectivity index (χ2n) is 3.97. The molecule has 2 aromatic rings. The van der Waals surface area contributed by atoms with Crippen molar-refractivity contribution in [1.29, 1.82) is 0 Å². The van der Waals surface area contributed by atoms with Crippen LogP contribution in [-0.2, 0) is 6.54 Å². The van der Waals surface area contributed by atoms with Gasteiger partial charge in [-0.05, 0) is 12.1 Å². The van der Waals surface area contributed by atoms with Gasteiger partial charge in [-0.25, -0.2) is 9.48 Å². The maximum Gasteiger partial charge on any atom is 0.358 e. The molecule has 1 aromatic carbocycles. The fourth-order valence-corrected chi connectivity index (χ4v) is 2.24. The van der Waals surface area contributed by atoms with Crippen LogP contribution in [0.3, 0.4) is 0 Å². The van der Waals surface area contributed by atoms with Gasteiger partial charge in [-0.1, -0.05) is 29.1 Å². The first kappa shape index (κ1) is 15.2. The van der Waals surface area contributed by atoms with Crippen molar-refractivity contribution >= 4 is 23.4 Å². The molecular weight excluding hydrogens is 302 g/mol. The third-order valence-electron chi connectivity index (χ3n) is 2.52. The predicted octanol–water partition coefficient (Wildman–Crippen LogP) is 2.40. The number of carboxylic acid groups (broad SMARTS) is 1. The highest BCUT2D eigenvalue weighted by molar-refractivity contribution is 7.99. The highest BCUT2D eigenvalue weighted by Crippen LogP contribution is 2.31. The Balaban J connectivity index is 1.92. The summed E-state index contributed by atoms with van der Waals surface area (Å²) in [7, 11) is 0. The summed E-state index contributed by atoms with van der Waals surface area (Å²) in [5.74, 6) is -3.63. The molecule has 1 heterocycles. The average molecular weight is 314 g/mol. The monoisotopic (exact) mass is 314 g/mol. The van der Waals surface area contributed by atoms with Gasteiger partial charge in [-0.3, -0.25) is 0 Å². The topological polar surface area (TPSA) is 80.0 Å². The first-order valence-electron chi connectivity index (χ1n) is 5.97. The van der Waals surface area contributed by atoms with Gasteiger partial charge in [-0.15, -0.1) is 5.10 Å². The molecule has 0 radical (unpaired) electrons. The number of halogens is 2. The molecule has 0 aliphatic carbocycles. The molecule has 2 rings (SSSR count). The van der Waals surface area contributed by atoms with Crippen molar-refractivity contribution in [3.05, 3.63) is 36.2 Å². The van der Waals surface area contributed by atoms with Gasteiger partial charge < -0.3 is 10.4 Å². The van der Waals surface area contributed by atoms with Gasteiger partial charge in [-0.2, -0.15) is 8.78 Å². The quantitative estimate of drug-likeness (QED) is 0.764. The standard InChI is InChI=1S/C12H12F2N4O2S/c13-12(14)21-10-4-2-1-3-8(10)15-5-6-18-7-9(11(19)20)16-17-18/h1-4,7,12,15H,5-6H2,(H,19,20). The van der Waals surface area contributed by atoms with Gasteiger partial charge in [0.2, 0.25) is 0 Å². The van der Waals surface area contributed by atoms with E-state index >= 15 is 0 Å². The summed E-state index contributed by atoms with van der Waals surface area (Å²) in [5.41, 5.74) is 0.463. The number of alkyl halides is 2. The van der Waals surface area contributed by atoms with E-state index in [0.717, 1.165) is 0 Å². The van der Waals surface area contributed by atoms with Crippen molar-refractivity contribution in [3.8, 4) is 0 Å². The molecular formula is C12H12F2N4O2S. The van der Waals surface area contributed by atoms with Gasteiger partial charge in [0, 0.05) is 17.1 Å². The minimum absolute atomic E-state index is 0.136. The summed E-state index contributed by atoms with van der Waals surface area (Å²) in [5, 5.41) is 18.9. The lowest BCUT2D eigenvalue weighted by Gasteiger charge is -2.11. The van der Waals surface area contributed by atoms with E-state index in [1.54, 1.807) is 24.3 Å². The highest BCUT2D eigenvalue weighted by Gasteiger charge is 2.10. The molecule has 0 fully saturated rings. The van der Waals surface area contributed by atoms with Crippen LogP contribution in [0.25, 0.3) is 0 Å². The second kappa shape index (κ2) is 7.02. The van der Waals surface area contributed by atoms with Crippen molar-refractivity contribution < 1.29 is 18.7 Å². The Hall–Kier alpha value is -2.16. The summed E-state index contributed by atoms with van der Waals surface area (Å²) >= 11 is 0.471. The molecule has 1 aromatic heterocycles. The maximum absolute atomic E-state index is 12.4. The van der Waals surface area contributed by atoms with E-state index in [-0.39, 0.29) is 5.69 Å². The summed E-state index contributed by atoms with van der Waals surface area (Å²) in [6.07, 6.45) is 1.31. The number of carbonyl (C=O) groups is 1. The molecule has 112 valence electrons. The van der Waals surface area contributed by atoms with Crippen LogP contribution in [-0.4, -0.2) is 38.4 Å². The van der Waals surface area contributed by atoms with Crippen LogP contribution in [0.15, 0.2) is 35.4 Å². The van der Waals surface area contributed by atoms with E-state index in [2.05, 4.69) is 15.6 Å². The molecule has 0 unspecified atom stereocenters. The number of nitrogens with one attached hydrogen (secondary N) is 1. The largest absolute Gasteiger partial charge is 0.476 e. The number of aromatic nitrogens is 3. The normalized spacial score (nSPS) is 10.8. The highest BCUT2D eigenvalue weighted by atomic mass is 32.2. The Morgan fingerprint density at radius 2 is 2.19 bits per heavy atom. The van der Waals surface area contributed by atoms with Gasteiger partial charge in [0.15, 0.2) is 5.69 Å². The Morgan fingerprint density at radius 1 is 1.43 bits per heavy atom. The minimum atomic E-state index is -2.48. The van der Waals surface area contributed by atoms with E-state index in [0.29, 0.717) is 35.4 Å². The van der Waals surface area contributed by atoms with Crippen molar-refractivity contribution in [2.75, 3.05) is 11.9 Å². The number of carboxylic acids is 1. The van der Waals surface area contributed by atoms with Crippen LogP contribution >= 0.6 is 11.8 Å². The molecule has 9 heteroatoms. The second-order valence-corrected chi connectivity index (χ2v) is 5.01. The molecule has 21 heavy (non-hydrogen) atoms. The van der Waals surface area contributed by atoms with Crippen molar-refractivity contribution in [1.82, 2.24) is 15.0 Å². The lowest BCUT2D eigenvalue weighted by molar-refractivity contribution is 0.0690. The molecule has 0 aliphatic rings. The molecule has 2 N–H and O–H groups in total. The van der Waals surface area contributed by atoms with Gasteiger partial charge in [0.25, 0.3) is 5.76 Å². The molecule has 0 saturated carbocycles. The molecule has 0 bridgehead atoms. The summed E-state index contributed by atoms with van der Waals surface area (Å²) in [4.78, 5) is 11.1. The summed E-state index contributed by atoms with van der Waals surface area (Å²) in [6, 6.07) is 6.74. The maximum atomic E-state index is 12.4. The number of thioether (sulfide) groups is 1. The van der Waals surface area contributed by atoms with Crippen LogP contribution in [0.1, 0.15) is 10.5 Å². The SMILES string of the molecule is O=C(O)c1cn(CCNc2ccccc2SC(F)F)nn1. The lowest BCUT2D eigenvalue weighted by Crippen LogP contribution is -2.11. The molecule has 6 nitrogen and oxygen atoms in total. The van der Waals surface area contributed by atoms with E-state index in [1.807, 2.05) is 0 Å². The summed E-state index contributed by atoms with van der Waals surface area (Å²) < 4.78 is 26.2. The van der Waals surface area contributed by atoms with Crippen LogP contribution in [0, 0.1) is 0 Å². The molecule has 0 saturated heterocycles. The average Bonchev–Trinajstić information content (AvgIpc) is 2.89. The molecule has 0 aliphatic heterocycles. The van der Waals surface area contributed by atoms with Gasteiger partial charge in [0.1, 0.15) is 0 Å². The van der Waals surface area contributed by atoms with E-state index < -0.39 is 11.7 Å². The van der Waals surface area contributed by atoms with E-state index in [4.69, 9.17) is 5.11 Å². The zero-order valence-corrected chi connectivity index (χ0v) is 11.6. The van der Waals surface area contributed by atoms with E-state index in [9.17, 15) is 13.6 Å². The van der Waals surface area contributed by atoms with Crippen molar-refractivity contribution in [2.24, 2.45) is 0 Å². The molecule has 0 amide bonds. The Kier molecular flexibility index (Phi) is 5.09. The predicted molar refractivity (Wildman–Crippen MR) is 73.8 cm³/mol. The van der Waals surface area contributed by atoms with Crippen LogP contribution < -0.4 is 5.32 Å². The Bertz CT molecular complexity index is 621.